The van der Waals surface area contributed by atoms with Crippen molar-refractivity contribution in [2.24, 2.45) is 0 Å². The van der Waals surface area contributed by atoms with Crippen LogP contribution in [0.25, 0.3) is 33.2 Å². The van der Waals surface area contributed by atoms with Crippen LogP contribution in [0.1, 0.15) is 0 Å². The van der Waals surface area contributed by atoms with E-state index in [4.69, 9.17) is 11.6 Å². The smallest absolute Gasteiger partial charge is 0.259 e. The predicted octanol–water partition coefficient (Wildman–Crippen LogP) is 3.19. The Labute approximate surface area is 129 Å². The minimum atomic E-state index is -0.170. The first-order chi connectivity index (χ1) is 10.7. The lowest BCUT2D eigenvalue weighted by Crippen LogP contribution is -2.09. The summed E-state index contributed by atoms with van der Waals surface area (Å²) in [6, 6.07) is 12.7. The van der Waals surface area contributed by atoms with Gasteiger partial charge in [-0.1, -0.05) is 23.7 Å². The summed E-state index contributed by atoms with van der Waals surface area (Å²) in [7, 11) is 0. The van der Waals surface area contributed by atoms with Crippen LogP contribution >= 0.6 is 11.6 Å². The van der Waals surface area contributed by atoms with Crippen LogP contribution in [0, 0.1) is 0 Å². The molecule has 0 aliphatic heterocycles. The van der Waals surface area contributed by atoms with Crippen molar-refractivity contribution in [1.82, 2.24) is 19.9 Å². The quantitative estimate of drug-likeness (QED) is 0.548. The molecule has 4 aromatic rings. The van der Waals surface area contributed by atoms with Gasteiger partial charge >= 0.3 is 0 Å². The molecule has 0 bridgehead atoms. The number of aromatic amines is 1. The van der Waals surface area contributed by atoms with E-state index in [9.17, 15) is 4.79 Å². The molecule has 0 unspecified atom stereocenters. The summed E-state index contributed by atoms with van der Waals surface area (Å²) >= 11 is 6.10. The summed E-state index contributed by atoms with van der Waals surface area (Å²) in [6.45, 7) is 0. The molecule has 22 heavy (non-hydrogen) atoms. The van der Waals surface area contributed by atoms with Crippen LogP contribution in [0.2, 0.25) is 5.15 Å². The van der Waals surface area contributed by atoms with Crippen molar-refractivity contribution < 1.29 is 0 Å². The zero-order valence-corrected chi connectivity index (χ0v) is 12.0. The van der Waals surface area contributed by atoms with Gasteiger partial charge in [0.25, 0.3) is 5.56 Å². The number of nitrogens with one attached hydrogen (secondary N) is 1. The van der Waals surface area contributed by atoms with Gasteiger partial charge in [-0.15, -0.1) is 0 Å². The average molecular weight is 309 g/mol. The molecule has 2 heterocycles. The molecule has 106 valence electrons. The molecular weight excluding hydrogens is 300 g/mol. The standard InChI is InChI=1S/C16H9ClN4O/c17-14-11-7-9(5-6-12(11)18-8-19-14)15-20-13-4-2-1-3-10(13)16(22)21-15/h1-8H,(H,20,21,22). The molecule has 0 amide bonds. The first kappa shape index (κ1) is 12.9. The van der Waals surface area contributed by atoms with E-state index in [1.54, 1.807) is 6.07 Å². The monoisotopic (exact) mass is 308 g/mol. The zero-order valence-electron chi connectivity index (χ0n) is 11.2. The number of para-hydroxylation sites is 1. The highest BCUT2D eigenvalue weighted by atomic mass is 35.5. The fourth-order valence-electron chi connectivity index (χ4n) is 2.40. The van der Waals surface area contributed by atoms with Gasteiger partial charge in [0.1, 0.15) is 17.3 Å². The number of hydrogen-bond donors (Lipinski definition) is 1. The topological polar surface area (TPSA) is 71.5 Å². The van der Waals surface area contributed by atoms with Gasteiger partial charge in [0.15, 0.2) is 0 Å². The van der Waals surface area contributed by atoms with Gasteiger partial charge in [-0.2, -0.15) is 0 Å². The number of hydrogen-bond acceptors (Lipinski definition) is 4. The Morgan fingerprint density at radius 2 is 1.82 bits per heavy atom. The maximum Gasteiger partial charge on any atom is 0.259 e. The molecule has 0 atom stereocenters. The number of rotatable bonds is 1. The van der Waals surface area contributed by atoms with Crippen LogP contribution in [0.5, 0.6) is 0 Å². The summed E-state index contributed by atoms with van der Waals surface area (Å²) in [4.78, 5) is 27.6. The molecule has 0 aliphatic rings. The van der Waals surface area contributed by atoms with Crippen molar-refractivity contribution in [3.05, 3.63) is 64.3 Å². The Morgan fingerprint density at radius 1 is 0.955 bits per heavy atom. The molecule has 0 spiro atoms. The van der Waals surface area contributed by atoms with E-state index in [2.05, 4.69) is 19.9 Å². The molecule has 0 fully saturated rings. The Bertz CT molecular complexity index is 1070. The second-order valence-corrected chi connectivity index (χ2v) is 5.19. The lowest BCUT2D eigenvalue weighted by molar-refractivity contribution is 1.18. The third kappa shape index (κ3) is 2.03. The van der Waals surface area contributed by atoms with Gasteiger partial charge < -0.3 is 4.98 Å². The molecule has 6 heteroatoms. The van der Waals surface area contributed by atoms with Crippen molar-refractivity contribution in [2.45, 2.75) is 0 Å². The normalized spacial score (nSPS) is 11.1. The molecule has 5 nitrogen and oxygen atoms in total. The van der Waals surface area contributed by atoms with Gasteiger partial charge in [-0.3, -0.25) is 4.79 Å². The molecule has 2 aromatic carbocycles. The van der Waals surface area contributed by atoms with Crippen molar-refractivity contribution in [2.75, 3.05) is 0 Å². The van der Waals surface area contributed by atoms with E-state index in [1.165, 1.54) is 6.33 Å². The Morgan fingerprint density at radius 3 is 2.73 bits per heavy atom. The highest BCUT2D eigenvalue weighted by Crippen LogP contribution is 2.25. The molecule has 0 aliphatic carbocycles. The number of nitrogens with zero attached hydrogens (tertiary/aromatic N) is 3. The molecule has 4 rings (SSSR count). The molecule has 0 saturated heterocycles. The van der Waals surface area contributed by atoms with Gasteiger partial charge in [-0.05, 0) is 30.3 Å². The third-order valence-corrected chi connectivity index (χ3v) is 3.77. The van der Waals surface area contributed by atoms with Crippen molar-refractivity contribution in [3.8, 4) is 11.4 Å². The van der Waals surface area contributed by atoms with E-state index in [1.807, 2.05) is 36.4 Å². The third-order valence-electron chi connectivity index (χ3n) is 3.47. The Kier molecular flexibility index (Phi) is 2.87. The largest absolute Gasteiger partial charge is 0.306 e. The number of fused-ring (bicyclic) bond motifs is 2. The van der Waals surface area contributed by atoms with Crippen molar-refractivity contribution >= 4 is 33.4 Å². The summed E-state index contributed by atoms with van der Waals surface area (Å²) in [5.74, 6) is 0.491. The summed E-state index contributed by atoms with van der Waals surface area (Å²) in [5, 5.41) is 1.65. The number of H-pyrrole nitrogens is 1. The van der Waals surface area contributed by atoms with E-state index in [0.717, 1.165) is 16.5 Å². The van der Waals surface area contributed by atoms with Gasteiger partial charge in [0.05, 0.1) is 16.4 Å². The minimum Gasteiger partial charge on any atom is -0.306 e. The first-order valence-electron chi connectivity index (χ1n) is 6.62. The fourth-order valence-corrected chi connectivity index (χ4v) is 2.59. The van der Waals surface area contributed by atoms with Crippen LogP contribution in [0.4, 0.5) is 0 Å². The maximum absolute atomic E-state index is 12.2. The summed E-state index contributed by atoms with van der Waals surface area (Å²) in [6.07, 6.45) is 1.42. The van der Waals surface area contributed by atoms with E-state index < -0.39 is 0 Å². The van der Waals surface area contributed by atoms with Crippen molar-refractivity contribution in [1.29, 1.82) is 0 Å². The summed E-state index contributed by atoms with van der Waals surface area (Å²) < 4.78 is 0. The zero-order chi connectivity index (χ0) is 15.1. The van der Waals surface area contributed by atoms with E-state index in [0.29, 0.717) is 21.9 Å². The van der Waals surface area contributed by atoms with Gasteiger partial charge in [0, 0.05) is 10.9 Å². The van der Waals surface area contributed by atoms with Crippen LogP contribution < -0.4 is 5.56 Å². The molecule has 0 radical (unpaired) electrons. The Hall–Kier alpha value is -2.79. The highest BCUT2D eigenvalue weighted by Gasteiger charge is 2.08. The average Bonchev–Trinajstić information content (AvgIpc) is 2.55. The predicted molar refractivity (Wildman–Crippen MR) is 85.9 cm³/mol. The van der Waals surface area contributed by atoms with Crippen LogP contribution in [0.3, 0.4) is 0 Å². The highest BCUT2D eigenvalue weighted by molar-refractivity contribution is 6.34. The van der Waals surface area contributed by atoms with Crippen molar-refractivity contribution in [3.63, 3.8) is 0 Å². The maximum atomic E-state index is 12.2. The van der Waals surface area contributed by atoms with Crippen LogP contribution in [0.15, 0.2) is 53.6 Å². The number of benzene rings is 2. The van der Waals surface area contributed by atoms with Crippen LogP contribution in [-0.4, -0.2) is 19.9 Å². The second-order valence-electron chi connectivity index (χ2n) is 4.83. The number of aromatic nitrogens is 4. The molecular formula is C16H9ClN4O. The first-order valence-corrected chi connectivity index (χ1v) is 7.00. The molecule has 1 N–H and O–H groups in total. The molecule has 2 aromatic heterocycles. The van der Waals surface area contributed by atoms with Gasteiger partial charge in [0.2, 0.25) is 0 Å². The molecule has 0 saturated carbocycles. The van der Waals surface area contributed by atoms with Gasteiger partial charge in [-0.25, -0.2) is 15.0 Å². The fraction of sp³-hybridized carbons (Fsp3) is 0. The Balaban J connectivity index is 1.99. The van der Waals surface area contributed by atoms with Crippen LogP contribution in [-0.2, 0) is 0 Å². The summed E-state index contributed by atoms with van der Waals surface area (Å²) in [5.41, 5.74) is 1.98. The number of halogens is 1. The SMILES string of the molecule is O=c1[nH]c(-c2ccc3ncnc(Cl)c3c2)nc2ccccc12. The van der Waals surface area contributed by atoms with E-state index >= 15 is 0 Å². The second kappa shape index (κ2) is 4.89. The lowest BCUT2D eigenvalue weighted by atomic mass is 10.1. The lowest BCUT2D eigenvalue weighted by Gasteiger charge is -2.05. The minimum absolute atomic E-state index is 0.170. The van der Waals surface area contributed by atoms with E-state index in [-0.39, 0.29) is 5.56 Å².